The predicted octanol–water partition coefficient (Wildman–Crippen LogP) is 4.02. The molecule has 0 radical (unpaired) electrons. The van der Waals surface area contributed by atoms with Crippen LogP contribution in [0, 0.1) is 0 Å². The minimum atomic E-state index is -3.64. The summed E-state index contributed by atoms with van der Waals surface area (Å²) in [4.78, 5) is 12.7. The van der Waals surface area contributed by atoms with Crippen molar-refractivity contribution in [2.75, 3.05) is 25.5 Å². The second kappa shape index (κ2) is 9.53. The smallest absolute Gasteiger partial charge is 0.286 e. The van der Waals surface area contributed by atoms with Gasteiger partial charge in [0.05, 0.1) is 12.0 Å². The fourth-order valence-electron chi connectivity index (χ4n) is 3.47. The normalized spacial score (nSPS) is 17.1. The van der Waals surface area contributed by atoms with Crippen LogP contribution in [0.4, 0.5) is 5.69 Å². The molecule has 2 heterocycles. The number of nitrogens with one attached hydrogen (secondary N) is 1. The molecule has 1 atom stereocenters. The zero-order valence-electron chi connectivity index (χ0n) is 17.2. The summed E-state index contributed by atoms with van der Waals surface area (Å²) in [5.74, 6) is 0.111. The van der Waals surface area contributed by atoms with Crippen molar-refractivity contribution in [2.45, 2.75) is 23.7 Å². The third-order valence-corrected chi connectivity index (χ3v) is 8.38. The van der Waals surface area contributed by atoms with E-state index in [1.165, 1.54) is 22.8 Å². The Labute approximate surface area is 195 Å². The number of carbonyl (C=O) groups is 1. The molecule has 1 N–H and O–H groups in total. The topological polar surface area (TPSA) is 101 Å². The van der Waals surface area contributed by atoms with E-state index in [-0.39, 0.29) is 21.7 Å². The van der Waals surface area contributed by atoms with E-state index < -0.39 is 10.0 Å². The van der Waals surface area contributed by atoms with Gasteiger partial charge in [-0.3, -0.25) is 4.79 Å². The van der Waals surface area contributed by atoms with Gasteiger partial charge in [0, 0.05) is 29.7 Å². The molecule has 1 aromatic heterocycles. The molecule has 1 fully saturated rings. The summed E-state index contributed by atoms with van der Waals surface area (Å²) in [6.07, 6.45) is 1.48. The molecule has 2 aromatic carbocycles. The van der Waals surface area contributed by atoms with Crippen LogP contribution in [0.3, 0.4) is 0 Å². The quantitative estimate of drug-likeness (QED) is 0.557. The van der Waals surface area contributed by atoms with Crippen LogP contribution in [-0.2, 0) is 10.0 Å². The Morgan fingerprint density at radius 2 is 1.88 bits per heavy atom. The lowest BCUT2D eigenvalue weighted by Crippen LogP contribution is -2.39. The largest absolute Gasteiger partial charge is 0.497 e. The molecule has 4 rings (SSSR count). The highest BCUT2D eigenvalue weighted by atomic mass is 35.5. The number of piperidine rings is 1. The first-order valence-electron chi connectivity index (χ1n) is 9.91. The summed E-state index contributed by atoms with van der Waals surface area (Å²) < 4.78 is 32.7. The summed E-state index contributed by atoms with van der Waals surface area (Å²) >= 11 is 7.05. The predicted molar refractivity (Wildman–Crippen MR) is 123 cm³/mol. The van der Waals surface area contributed by atoms with Crippen molar-refractivity contribution in [3.63, 3.8) is 0 Å². The molecule has 1 saturated heterocycles. The Bertz CT molecular complexity index is 1200. The molecule has 0 aliphatic carbocycles. The fourth-order valence-corrected chi connectivity index (χ4v) is 5.98. The zero-order valence-corrected chi connectivity index (χ0v) is 19.6. The molecule has 1 aliphatic heterocycles. The van der Waals surface area contributed by atoms with E-state index in [0.717, 1.165) is 6.42 Å². The molecular formula is C21H21ClN4O4S2. The van der Waals surface area contributed by atoms with E-state index in [9.17, 15) is 13.2 Å². The number of rotatable bonds is 6. The maximum atomic E-state index is 13.1. The third-order valence-electron chi connectivity index (χ3n) is 5.17. The summed E-state index contributed by atoms with van der Waals surface area (Å²) in [5.41, 5.74) is 0.602. The number of carbonyl (C=O) groups excluding carboxylic acids is 1. The van der Waals surface area contributed by atoms with Crippen molar-refractivity contribution >= 4 is 44.6 Å². The van der Waals surface area contributed by atoms with Gasteiger partial charge in [0.2, 0.25) is 15.0 Å². The lowest BCUT2D eigenvalue weighted by molar-refractivity contribution is 0.102. The number of hydrogen-bond acceptors (Lipinski definition) is 7. The molecular weight excluding hydrogens is 472 g/mol. The second-order valence-electron chi connectivity index (χ2n) is 7.28. The molecule has 0 spiro atoms. The maximum absolute atomic E-state index is 13.1. The van der Waals surface area contributed by atoms with Crippen molar-refractivity contribution in [3.8, 4) is 5.75 Å². The number of benzene rings is 2. The monoisotopic (exact) mass is 492 g/mol. The van der Waals surface area contributed by atoms with Gasteiger partial charge in [-0.15, -0.1) is 10.2 Å². The Kier molecular flexibility index (Phi) is 6.75. The summed E-state index contributed by atoms with van der Waals surface area (Å²) in [5, 5.41) is 12.4. The molecule has 1 aliphatic rings. The van der Waals surface area contributed by atoms with Crippen LogP contribution >= 0.6 is 22.9 Å². The minimum absolute atomic E-state index is 0.119. The van der Waals surface area contributed by atoms with Crippen LogP contribution in [0.25, 0.3) is 0 Å². The van der Waals surface area contributed by atoms with Crippen LogP contribution in [0.15, 0.2) is 53.4 Å². The van der Waals surface area contributed by atoms with Crippen LogP contribution in [0.1, 0.15) is 33.6 Å². The number of aromatic nitrogens is 2. The maximum Gasteiger partial charge on any atom is 0.286 e. The third kappa shape index (κ3) is 4.93. The molecule has 168 valence electrons. The highest BCUT2D eigenvalue weighted by Gasteiger charge is 2.32. The van der Waals surface area contributed by atoms with Gasteiger partial charge in [0.15, 0.2) is 0 Å². The van der Waals surface area contributed by atoms with Crippen molar-refractivity contribution in [2.24, 2.45) is 0 Å². The lowest BCUT2D eigenvalue weighted by Gasteiger charge is -2.30. The number of anilines is 1. The first kappa shape index (κ1) is 22.7. The fraction of sp³-hybridized carbons (Fsp3) is 0.286. The molecule has 8 nitrogen and oxygen atoms in total. The molecule has 11 heteroatoms. The zero-order chi connectivity index (χ0) is 22.7. The molecule has 0 saturated carbocycles. The number of ether oxygens (including phenoxy) is 1. The highest BCUT2D eigenvalue weighted by molar-refractivity contribution is 7.89. The Balaban J connectivity index is 1.46. The SMILES string of the molecule is COc1ccc(S(=O)(=O)N2CCC[C@H](c3nnc(C(=O)Nc4ccc(Cl)cc4)s3)C2)cc1. The van der Waals surface area contributed by atoms with Gasteiger partial charge < -0.3 is 10.1 Å². The first-order chi connectivity index (χ1) is 15.4. The number of hydrogen-bond donors (Lipinski definition) is 1. The highest BCUT2D eigenvalue weighted by Crippen LogP contribution is 2.32. The number of methoxy groups -OCH3 is 1. The molecule has 0 bridgehead atoms. The van der Waals surface area contributed by atoms with Crippen molar-refractivity contribution in [1.29, 1.82) is 0 Å². The van der Waals surface area contributed by atoms with Crippen molar-refractivity contribution in [1.82, 2.24) is 14.5 Å². The van der Waals surface area contributed by atoms with Gasteiger partial charge in [-0.1, -0.05) is 22.9 Å². The van der Waals surface area contributed by atoms with Crippen LogP contribution in [0.5, 0.6) is 5.75 Å². The molecule has 32 heavy (non-hydrogen) atoms. The average molecular weight is 493 g/mol. The number of amides is 1. The summed E-state index contributed by atoms with van der Waals surface area (Å²) in [6, 6.07) is 13.1. The molecule has 1 amide bonds. The van der Waals surface area contributed by atoms with Crippen molar-refractivity contribution in [3.05, 3.63) is 63.6 Å². The molecule has 0 unspecified atom stereocenters. The Hall–Kier alpha value is -2.53. The van der Waals surface area contributed by atoms with E-state index in [4.69, 9.17) is 16.3 Å². The minimum Gasteiger partial charge on any atom is -0.497 e. The van der Waals surface area contributed by atoms with Crippen molar-refractivity contribution < 1.29 is 17.9 Å². The lowest BCUT2D eigenvalue weighted by atomic mass is 10.0. The summed E-state index contributed by atoms with van der Waals surface area (Å²) in [6.45, 7) is 0.732. The van der Waals surface area contributed by atoms with Crippen LogP contribution in [0.2, 0.25) is 5.02 Å². The van der Waals surface area contributed by atoms with Gasteiger partial charge in [0.25, 0.3) is 5.91 Å². The van der Waals surface area contributed by atoms with Gasteiger partial charge in [0.1, 0.15) is 10.8 Å². The van der Waals surface area contributed by atoms with E-state index in [1.54, 1.807) is 48.5 Å². The van der Waals surface area contributed by atoms with E-state index >= 15 is 0 Å². The van der Waals surface area contributed by atoms with Gasteiger partial charge in [-0.2, -0.15) is 4.31 Å². The Morgan fingerprint density at radius 1 is 1.16 bits per heavy atom. The summed E-state index contributed by atoms with van der Waals surface area (Å²) in [7, 11) is -2.11. The van der Waals surface area contributed by atoms with Gasteiger partial charge in [-0.05, 0) is 61.4 Å². The van der Waals surface area contributed by atoms with Gasteiger partial charge >= 0.3 is 0 Å². The van der Waals surface area contributed by atoms with Crippen LogP contribution in [-0.4, -0.2) is 49.0 Å². The second-order valence-corrected chi connectivity index (χ2v) is 10.7. The standard InChI is InChI=1S/C21H21ClN4O4S2/c1-30-17-8-10-18(11-9-17)32(28,29)26-12-2-3-14(13-26)20-24-25-21(31-20)19(27)23-16-6-4-15(22)5-7-16/h4-11,14H,2-3,12-13H2,1H3,(H,23,27)/t14-/m0/s1. The first-order valence-corrected chi connectivity index (χ1v) is 12.5. The van der Waals surface area contributed by atoms with Gasteiger partial charge in [-0.25, -0.2) is 8.42 Å². The Morgan fingerprint density at radius 3 is 2.56 bits per heavy atom. The molecule has 3 aromatic rings. The number of sulfonamides is 1. The van der Waals surface area contributed by atoms with E-state index in [2.05, 4.69) is 15.5 Å². The number of halogens is 1. The number of nitrogens with zero attached hydrogens (tertiary/aromatic N) is 3. The van der Waals surface area contributed by atoms with E-state index in [0.29, 0.717) is 41.0 Å². The van der Waals surface area contributed by atoms with E-state index in [1.807, 2.05) is 0 Å². The van der Waals surface area contributed by atoms with Crippen LogP contribution < -0.4 is 10.1 Å². The average Bonchev–Trinajstić information content (AvgIpc) is 3.31.